The van der Waals surface area contributed by atoms with Crippen LogP contribution in [0.1, 0.15) is 38.7 Å². The van der Waals surface area contributed by atoms with Crippen LogP contribution in [0.5, 0.6) is 11.5 Å². The summed E-state index contributed by atoms with van der Waals surface area (Å²) in [5, 5.41) is 9.71. The molecule has 4 rings (SSSR count). The van der Waals surface area contributed by atoms with Crippen LogP contribution in [0.15, 0.2) is 29.6 Å². The van der Waals surface area contributed by atoms with Crippen molar-refractivity contribution in [1.82, 2.24) is 25.1 Å². The summed E-state index contributed by atoms with van der Waals surface area (Å²) in [5.41, 5.74) is 1.68. The van der Waals surface area contributed by atoms with Crippen LogP contribution in [0.25, 0.3) is 11.0 Å². The third kappa shape index (κ3) is 6.17. The number of anilines is 1. The van der Waals surface area contributed by atoms with Gasteiger partial charge in [-0.25, -0.2) is 14.6 Å². The highest BCUT2D eigenvalue weighted by Gasteiger charge is 2.20. The minimum atomic E-state index is -0.0617. The number of fused-ring (bicyclic) bond motifs is 1. The number of rotatable bonds is 10. The van der Waals surface area contributed by atoms with Crippen molar-refractivity contribution in [3.63, 3.8) is 0 Å². The van der Waals surface area contributed by atoms with Gasteiger partial charge in [0.25, 0.3) is 0 Å². The lowest BCUT2D eigenvalue weighted by Gasteiger charge is -2.28. The van der Waals surface area contributed by atoms with Gasteiger partial charge in [-0.2, -0.15) is 5.10 Å². The monoisotopic (exact) mass is 498 g/mol. The molecule has 1 saturated heterocycles. The molecule has 0 saturated carbocycles. The van der Waals surface area contributed by atoms with Crippen LogP contribution in [0.2, 0.25) is 0 Å². The Labute approximate surface area is 210 Å². The molecule has 3 aromatic rings. The van der Waals surface area contributed by atoms with Gasteiger partial charge in [-0.3, -0.25) is 4.79 Å². The summed E-state index contributed by atoms with van der Waals surface area (Å²) in [7, 11) is 3.18. The fraction of sp³-hybridized carbons (Fsp3) is 0.520. The average molecular weight is 499 g/mol. The van der Waals surface area contributed by atoms with Gasteiger partial charge in [0.15, 0.2) is 22.3 Å². The Balaban J connectivity index is 1.45. The largest absolute Gasteiger partial charge is 0.493 e. The van der Waals surface area contributed by atoms with Crippen LogP contribution < -0.4 is 19.7 Å². The predicted molar refractivity (Wildman–Crippen MR) is 139 cm³/mol. The molecule has 188 valence electrons. The van der Waals surface area contributed by atoms with Crippen LogP contribution in [-0.2, 0) is 17.8 Å². The van der Waals surface area contributed by atoms with Crippen molar-refractivity contribution in [2.45, 2.75) is 56.5 Å². The van der Waals surface area contributed by atoms with Gasteiger partial charge in [-0.05, 0) is 37.0 Å². The van der Waals surface area contributed by atoms with Gasteiger partial charge >= 0.3 is 0 Å². The molecule has 3 heterocycles. The SMILES string of the molecule is COc1ccc(CC(=O)NCCn2ncc3c(N4CCCCC4)nc(SC(C)C)nc32)cc1OC. The molecule has 2 aromatic heterocycles. The molecule has 1 aliphatic heterocycles. The van der Waals surface area contributed by atoms with Crippen molar-refractivity contribution in [2.24, 2.45) is 0 Å². The number of nitrogens with one attached hydrogen (secondary N) is 1. The van der Waals surface area contributed by atoms with Crippen molar-refractivity contribution < 1.29 is 14.3 Å². The number of benzene rings is 1. The van der Waals surface area contributed by atoms with E-state index in [4.69, 9.17) is 19.4 Å². The average Bonchev–Trinajstić information content (AvgIpc) is 3.26. The quantitative estimate of drug-likeness (QED) is 0.334. The van der Waals surface area contributed by atoms with Crippen LogP contribution in [-0.4, -0.2) is 64.8 Å². The number of hydrogen-bond acceptors (Lipinski definition) is 8. The molecular weight excluding hydrogens is 464 g/mol. The third-order valence-electron chi connectivity index (χ3n) is 5.91. The van der Waals surface area contributed by atoms with Gasteiger partial charge in [-0.15, -0.1) is 0 Å². The molecule has 1 aromatic carbocycles. The van der Waals surface area contributed by atoms with Crippen molar-refractivity contribution >= 4 is 34.5 Å². The molecule has 0 unspecified atom stereocenters. The van der Waals surface area contributed by atoms with E-state index < -0.39 is 0 Å². The predicted octanol–water partition coefficient (Wildman–Crippen LogP) is 3.69. The maximum absolute atomic E-state index is 12.5. The van der Waals surface area contributed by atoms with Gasteiger partial charge in [-0.1, -0.05) is 31.7 Å². The molecule has 9 nitrogen and oxygen atoms in total. The summed E-state index contributed by atoms with van der Waals surface area (Å²) >= 11 is 1.66. The first-order chi connectivity index (χ1) is 17.0. The number of piperidine rings is 1. The summed E-state index contributed by atoms with van der Waals surface area (Å²) in [6.07, 6.45) is 5.74. The van der Waals surface area contributed by atoms with Gasteiger partial charge in [0.1, 0.15) is 5.82 Å². The Morgan fingerprint density at radius 1 is 1.11 bits per heavy atom. The molecule has 0 spiro atoms. The molecule has 1 N–H and O–H groups in total. The number of amides is 1. The summed E-state index contributed by atoms with van der Waals surface area (Å²) < 4.78 is 12.5. The number of ether oxygens (including phenoxy) is 2. The van der Waals surface area contributed by atoms with E-state index >= 15 is 0 Å². The number of aromatic nitrogens is 4. The molecule has 0 radical (unpaired) electrons. The second kappa shape index (κ2) is 11.6. The molecule has 0 bridgehead atoms. The van der Waals surface area contributed by atoms with Crippen LogP contribution >= 0.6 is 11.8 Å². The van der Waals surface area contributed by atoms with E-state index in [0.717, 1.165) is 40.7 Å². The van der Waals surface area contributed by atoms with Crippen molar-refractivity contribution in [3.8, 4) is 11.5 Å². The number of methoxy groups -OCH3 is 2. The molecular formula is C25H34N6O3S. The minimum absolute atomic E-state index is 0.0617. The maximum atomic E-state index is 12.5. The third-order valence-corrected chi connectivity index (χ3v) is 6.78. The van der Waals surface area contributed by atoms with Crippen LogP contribution in [0.4, 0.5) is 5.82 Å². The van der Waals surface area contributed by atoms with E-state index in [1.807, 2.05) is 29.1 Å². The van der Waals surface area contributed by atoms with E-state index in [1.165, 1.54) is 19.3 Å². The first-order valence-corrected chi connectivity index (χ1v) is 13.0. The zero-order valence-electron chi connectivity index (χ0n) is 20.9. The van der Waals surface area contributed by atoms with Gasteiger partial charge < -0.3 is 19.7 Å². The topological polar surface area (TPSA) is 94.4 Å². The highest BCUT2D eigenvalue weighted by atomic mass is 32.2. The number of carbonyl (C=O) groups excluding carboxylic acids is 1. The zero-order chi connectivity index (χ0) is 24.8. The molecule has 0 aliphatic carbocycles. The fourth-order valence-corrected chi connectivity index (χ4v) is 4.93. The number of thioether (sulfide) groups is 1. The number of hydrogen-bond donors (Lipinski definition) is 1. The summed E-state index contributed by atoms with van der Waals surface area (Å²) in [4.78, 5) is 24.6. The van der Waals surface area contributed by atoms with Crippen molar-refractivity contribution in [2.75, 3.05) is 38.8 Å². The van der Waals surface area contributed by atoms with Crippen molar-refractivity contribution in [3.05, 3.63) is 30.0 Å². The Kier molecular flexibility index (Phi) is 8.33. The highest BCUT2D eigenvalue weighted by Crippen LogP contribution is 2.30. The van der Waals surface area contributed by atoms with E-state index in [1.54, 1.807) is 26.0 Å². The molecule has 10 heteroatoms. The first kappa shape index (κ1) is 25.1. The Morgan fingerprint density at radius 2 is 1.89 bits per heavy atom. The molecule has 1 fully saturated rings. The molecule has 0 atom stereocenters. The lowest BCUT2D eigenvalue weighted by atomic mass is 10.1. The van der Waals surface area contributed by atoms with Gasteiger partial charge in [0.05, 0.1) is 38.8 Å². The molecule has 1 aliphatic rings. The van der Waals surface area contributed by atoms with Crippen LogP contribution in [0.3, 0.4) is 0 Å². The normalized spacial score (nSPS) is 13.9. The number of nitrogens with zero attached hydrogens (tertiary/aromatic N) is 5. The summed E-state index contributed by atoms with van der Waals surface area (Å²) in [5.74, 6) is 2.16. The second-order valence-electron chi connectivity index (χ2n) is 8.87. The zero-order valence-corrected chi connectivity index (χ0v) is 21.7. The van der Waals surface area contributed by atoms with E-state index in [-0.39, 0.29) is 12.3 Å². The Bertz CT molecular complexity index is 1160. The van der Waals surface area contributed by atoms with E-state index in [0.29, 0.717) is 29.8 Å². The summed E-state index contributed by atoms with van der Waals surface area (Å²) in [6, 6.07) is 5.50. The molecule has 35 heavy (non-hydrogen) atoms. The van der Waals surface area contributed by atoms with Gasteiger partial charge in [0, 0.05) is 24.9 Å². The maximum Gasteiger partial charge on any atom is 0.224 e. The smallest absolute Gasteiger partial charge is 0.224 e. The van der Waals surface area contributed by atoms with E-state index in [2.05, 4.69) is 29.2 Å². The highest BCUT2D eigenvalue weighted by molar-refractivity contribution is 7.99. The summed E-state index contributed by atoms with van der Waals surface area (Å²) in [6.45, 7) is 7.29. The first-order valence-electron chi connectivity index (χ1n) is 12.1. The van der Waals surface area contributed by atoms with E-state index in [9.17, 15) is 4.79 Å². The minimum Gasteiger partial charge on any atom is -0.493 e. The number of carbonyl (C=O) groups is 1. The molecule has 1 amide bonds. The van der Waals surface area contributed by atoms with Crippen LogP contribution in [0, 0.1) is 0 Å². The van der Waals surface area contributed by atoms with Crippen molar-refractivity contribution in [1.29, 1.82) is 0 Å². The lowest BCUT2D eigenvalue weighted by Crippen LogP contribution is -2.30. The second-order valence-corrected chi connectivity index (χ2v) is 10.4. The van der Waals surface area contributed by atoms with Gasteiger partial charge in [0.2, 0.25) is 5.91 Å². The Hall–Kier alpha value is -3.01. The standard InChI is InChI=1S/C25H34N6O3S/c1-17(2)35-25-28-23(30-11-6-5-7-12-30)19-16-27-31(24(19)29-25)13-10-26-22(32)15-18-8-9-20(33-3)21(14-18)34-4/h8-9,14,16-17H,5-7,10-13,15H2,1-4H3,(H,26,32). The fourth-order valence-electron chi connectivity index (χ4n) is 4.23. The lowest BCUT2D eigenvalue weighted by molar-refractivity contribution is -0.120. The Morgan fingerprint density at radius 3 is 2.60 bits per heavy atom.